The van der Waals surface area contributed by atoms with E-state index in [1.807, 2.05) is 60.7 Å². The summed E-state index contributed by atoms with van der Waals surface area (Å²) in [7, 11) is -2.31. The molecule has 0 spiro atoms. The minimum absolute atomic E-state index is 0.203. The number of rotatable bonds is 7. The first-order chi connectivity index (χ1) is 14.4. The van der Waals surface area contributed by atoms with Crippen LogP contribution in [0.5, 0.6) is 0 Å². The second kappa shape index (κ2) is 8.43. The molecule has 154 valence electrons. The molecule has 30 heavy (non-hydrogen) atoms. The maximum absolute atomic E-state index is 12.8. The SMILES string of the molecule is CN(CC(=O)N[C@@H](c1ccccc1)c1cc2ccccc2o1)S(=O)(=O)c1cccs1. The molecule has 1 amide bonds. The number of amides is 1. The van der Waals surface area contributed by atoms with Gasteiger partial charge in [0.15, 0.2) is 0 Å². The first kappa shape index (κ1) is 20.3. The lowest BCUT2D eigenvalue weighted by Gasteiger charge is -2.20. The van der Waals surface area contributed by atoms with Gasteiger partial charge in [0, 0.05) is 12.4 Å². The Bertz CT molecular complexity index is 1220. The van der Waals surface area contributed by atoms with Crippen molar-refractivity contribution >= 4 is 38.2 Å². The van der Waals surface area contributed by atoms with E-state index in [9.17, 15) is 13.2 Å². The van der Waals surface area contributed by atoms with Gasteiger partial charge in [0.2, 0.25) is 5.91 Å². The Morgan fingerprint density at radius 2 is 1.80 bits per heavy atom. The first-order valence-electron chi connectivity index (χ1n) is 9.28. The molecule has 0 aliphatic carbocycles. The lowest BCUT2D eigenvalue weighted by molar-refractivity contribution is -0.121. The minimum atomic E-state index is -3.71. The van der Waals surface area contributed by atoms with Crippen LogP contribution in [0.2, 0.25) is 0 Å². The van der Waals surface area contributed by atoms with E-state index in [2.05, 4.69) is 5.32 Å². The fraction of sp³-hybridized carbons (Fsp3) is 0.136. The number of sulfonamides is 1. The van der Waals surface area contributed by atoms with Gasteiger partial charge in [-0.3, -0.25) is 4.79 Å². The van der Waals surface area contributed by atoms with Crippen LogP contribution in [0.4, 0.5) is 0 Å². The highest BCUT2D eigenvalue weighted by Crippen LogP contribution is 2.28. The molecule has 1 atom stereocenters. The van der Waals surface area contributed by atoms with Gasteiger partial charge in [0.1, 0.15) is 21.6 Å². The van der Waals surface area contributed by atoms with Crippen LogP contribution < -0.4 is 5.32 Å². The van der Waals surface area contributed by atoms with E-state index in [1.54, 1.807) is 11.4 Å². The highest BCUT2D eigenvalue weighted by atomic mass is 32.2. The Labute approximate surface area is 178 Å². The van der Waals surface area contributed by atoms with Crippen molar-refractivity contribution in [2.24, 2.45) is 0 Å². The number of para-hydroxylation sites is 1. The zero-order chi connectivity index (χ0) is 21.1. The highest BCUT2D eigenvalue weighted by molar-refractivity contribution is 7.91. The predicted molar refractivity (Wildman–Crippen MR) is 117 cm³/mol. The molecular formula is C22H20N2O4S2. The molecule has 0 radical (unpaired) electrons. The van der Waals surface area contributed by atoms with E-state index in [-0.39, 0.29) is 10.8 Å². The van der Waals surface area contributed by atoms with Crippen molar-refractivity contribution in [1.29, 1.82) is 0 Å². The number of nitrogens with one attached hydrogen (secondary N) is 1. The van der Waals surface area contributed by atoms with E-state index in [0.29, 0.717) is 5.76 Å². The Morgan fingerprint density at radius 3 is 2.50 bits per heavy atom. The van der Waals surface area contributed by atoms with E-state index in [0.717, 1.165) is 32.2 Å². The predicted octanol–water partition coefficient (Wildman–Crippen LogP) is 4.02. The number of benzene rings is 2. The normalized spacial score (nSPS) is 12.9. The van der Waals surface area contributed by atoms with Crippen LogP contribution in [0.15, 0.2) is 86.8 Å². The molecule has 0 fully saturated rings. The zero-order valence-electron chi connectivity index (χ0n) is 16.2. The number of carbonyl (C=O) groups excluding carboxylic acids is 1. The zero-order valence-corrected chi connectivity index (χ0v) is 17.8. The molecule has 2 aromatic heterocycles. The molecule has 0 unspecified atom stereocenters. The summed E-state index contributed by atoms with van der Waals surface area (Å²) in [6, 6.07) is 21.6. The molecule has 0 saturated heterocycles. The Balaban J connectivity index is 1.58. The molecule has 0 saturated carbocycles. The maximum Gasteiger partial charge on any atom is 0.252 e. The first-order valence-corrected chi connectivity index (χ1v) is 11.6. The number of fused-ring (bicyclic) bond motifs is 1. The average molecular weight is 441 g/mol. The van der Waals surface area contributed by atoms with Gasteiger partial charge in [-0.1, -0.05) is 54.6 Å². The van der Waals surface area contributed by atoms with Gasteiger partial charge >= 0.3 is 0 Å². The molecule has 0 aliphatic heterocycles. The fourth-order valence-corrected chi connectivity index (χ4v) is 5.49. The van der Waals surface area contributed by atoms with Crippen LogP contribution in [-0.2, 0) is 14.8 Å². The van der Waals surface area contributed by atoms with Crippen molar-refractivity contribution in [2.75, 3.05) is 13.6 Å². The number of hydrogen-bond donors (Lipinski definition) is 1. The Hall–Kier alpha value is -2.94. The van der Waals surface area contributed by atoms with Crippen LogP contribution in [0.25, 0.3) is 11.0 Å². The molecule has 6 nitrogen and oxygen atoms in total. The van der Waals surface area contributed by atoms with Crippen LogP contribution >= 0.6 is 11.3 Å². The second-order valence-electron chi connectivity index (χ2n) is 6.79. The van der Waals surface area contributed by atoms with Gasteiger partial charge in [-0.05, 0) is 29.1 Å². The number of nitrogens with zero attached hydrogens (tertiary/aromatic N) is 1. The van der Waals surface area contributed by atoms with E-state index in [4.69, 9.17) is 4.42 Å². The van der Waals surface area contributed by atoms with Crippen LogP contribution in [-0.4, -0.2) is 32.2 Å². The van der Waals surface area contributed by atoms with E-state index >= 15 is 0 Å². The molecule has 0 aliphatic rings. The summed E-state index contributed by atoms with van der Waals surface area (Å²) in [5.74, 6) is 0.159. The molecule has 4 rings (SSSR count). The number of hydrogen-bond acceptors (Lipinski definition) is 5. The van der Waals surface area contributed by atoms with Crippen LogP contribution in [0.3, 0.4) is 0 Å². The van der Waals surface area contributed by atoms with Gasteiger partial charge in [-0.2, -0.15) is 4.31 Å². The maximum atomic E-state index is 12.8. The summed E-state index contributed by atoms with van der Waals surface area (Å²) >= 11 is 1.12. The van der Waals surface area contributed by atoms with Gasteiger partial charge in [-0.15, -0.1) is 11.3 Å². The average Bonchev–Trinajstić information content (AvgIpc) is 3.42. The minimum Gasteiger partial charge on any atom is -0.459 e. The van der Waals surface area contributed by atoms with Gasteiger partial charge < -0.3 is 9.73 Å². The monoisotopic (exact) mass is 440 g/mol. The number of likely N-dealkylation sites (N-methyl/N-ethyl adjacent to an activating group) is 1. The number of thiophene rings is 1. The lowest BCUT2D eigenvalue weighted by atomic mass is 10.0. The van der Waals surface area contributed by atoms with Crippen LogP contribution in [0.1, 0.15) is 17.4 Å². The third kappa shape index (κ3) is 4.16. The Kier molecular flexibility index (Phi) is 5.72. The summed E-state index contributed by atoms with van der Waals surface area (Å²) in [6.07, 6.45) is 0. The fourth-order valence-electron chi connectivity index (χ4n) is 3.17. The van der Waals surface area contributed by atoms with Crippen molar-refractivity contribution in [1.82, 2.24) is 9.62 Å². The van der Waals surface area contributed by atoms with Crippen LogP contribution in [0, 0.1) is 0 Å². The number of carbonyl (C=O) groups is 1. The van der Waals surface area contributed by atoms with Gasteiger partial charge in [0.05, 0.1) is 6.54 Å². The van der Waals surface area contributed by atoms with Crippen molar-refractivity contribution in [3.05, 3.63) is 89.5 Å². The topological polar surface area (TPSA) is 79.6 Å². The summed E-state index contributed by atoms with van der Waals surface area (Å²) in [5.41, 5.74) is 1.56. The summed E-state index contributed by atoms with van der Waals surface area (Å²) < 4.78 is 32.4. The van der Waals surface area contributed by atoms with Gasteiger partial charge in [0.25, 0.3) is 10.0 Å². The van der Waals surface area contributed by atoms with Crippen molar-refractivity contribution < 1.29 is 17.6 Å². The summed E-state index contributed by atoms with van der Waals surface area (Å²) in [4.78, 5) is 12.8. The Morgan fingerprint density at radius 1 is 1.07 bits per heavy atom. The molecule has 1 N–H and O–H groups in total. The standard InChI is InChI=1S/C22H20N2O4S2/c1-24(30(26,27)21-12-7-13-29-21)15-20(25)23-22(16-8-3-2-4-9-16)19-14-17-10-5-6-11-18(17)28-19/h2-14,22H,15H2,1H3,(H,23,25)/t22-/m0/s1. The second-order valence-corrected chi connectivity index (χ2v) is 10.0. The molecular weight excluding hydrogens is 420 g/mol. The summed E-state index contributed by atoms with van der Waals surface area (Å²) in [5, 5.41) is 5.54. The van der Waals surface area contributed by atoms with Crippen molar-refractivity contribution in [3.8, 4) is 0 Å². The molecule has 2 aromatic carbocycles. The quantitative estimate of drug-likeness (QED) is 0.471. The van der Waals surface area contributed by atoms with Gasteiger partial charge in [-0.25, -0.2) is 8.42 Å². The molecule has 8 heteroatoms. The largest absolute Gasteiger partial charge is 0.459 e. The van der Waals surface area contributed by atoms with E-state index in [1.165, 1.54) is 13.1 Å². The van der Waals surface area contributed by atoms with Crippen molar-refractivity contribution in [3.63, 3.8) is 0 Å². The lowest BCUT2D eigenvalue weighted by Crippen LogP contribution is -2.39. The van der Waals surface area contributed by atoms with Crippen molar-refractivity contribution in [2.45, 2.75) is 10.3 Å². The molecule has 2 heterocycles. The summed E-state index contributed by atoms with van der Waals surface area (Å²) in [6.45, 7) is -0.302. The molecule has 4 aromatic rings. The smallest absolute Gasteiger partial charge is 0.252 e. The third-order valence-corrected chi connectivity index (χ3v) is 7.87. The molecule has 0 bridgehead atoms. The third-order valence-electron chi connectivity index (χ3n) is 4.69. The van der Waals surface area contributed by atoms with E-state index < -0.39 is 22.0 Å². The number of furan rings is 1. The highest BCUT2D eigenvalue weighted by Gasteiger charge is 2.26.